The zero-order valence-corrected chi connectivity index (χ0v) is 8.12. The molecule has 0 radical (unpaired) electrons. The van der Waals surface area contributed by atoms with Crippen molar-refractivity contribution in [1.29, 1.82) is 0 Å². The molecule has 2 aliphatic heterocycles. The summed E-state index contributed by atoms with van der Waals surface area (Å²) in [5, 5.41) is 0. The highest BCUT2D eigenvalue weighted by Crippen LogP contribution is 2.30. The molecule has 2 fully saturated rings. The van der Waals surface area contributed by atoms with Crippen molar-refractivity contribution in [3.05, 3.63) is 0 Å². The number of hydrogen-bond acceptors (Lipinski definition) is 2. The van der Waals surface area contributed by atoms with Crippen LogP contribution in [0.25, 0.3) is 0 Å². The zero-order chi connectivity index (χ0) is 8.55. The van der Waals surface area contributed by atoms with Crippen LogP contribution in [0.1, 0.15) is 20.3 Å². The lowest BCUT2D eigenvalue weighted by atomic mass is 9.92. The van der Waals surface area contributed by atoms with Crippen LogP contribution in [0.15, 0.2) is 0 Å². The second kappa shape index (κ2) is 3.35. The minimum absolute atomic E-state index is 0.718. The lowest BCUT2D eigenvalue weighted by molar-refractivity contribution is 0.0369. The van der Waals surface area contributed by atoms with Gasteiger partial charge in [-0.15, -0.1) is 0 Å². The Hall–Kier alpha value is -0.0800. The van der Waals surface area contributed by atoms with Crippen molar-refractivity contribution >= 4 is 0 Å². The summed E-state index contributed by atoms with van der Waals surface area (Å²) in [6.45, 7) is 9.16. The van der Waals surface area contributed by atoms with Crippen LogP contribution in [0.2, 0.25) is 0 Å². The Balaban J connectivity index is 1.94. The van der Waals surface area contributed by atoms with Crippen molar-refractivity contribution in [3.63, 3.8) is 0 Å². The molecule has 0 amide bonds. The second-order valence-corrected chi connectivity index (χ2v) is 4.43. The number of likely N-dealkylation sites (tertiary alicyclic amines) is 1. The molecule has 2 aliphatic rings. The fourth-order valence-electron chi connectivity index (χ4n) is 2.38. The van der Waals surface area contributed by atoms with Crippen molar-refractivity contribution < 1.29 is 4.74 Å². The molecule has 12 heavy (non-hydrogen) atoms. The maximum atomic E-state index is 5.48. The minimum atomic E-state index is 0.718. The largest absolute Gasteiger partial charge is 0.381 e. The Bertz CT molecular complexity index is 144. The lowest BCUT2D eigenvalue weighted by Crippen LogP contribution is -2.28. The molecular formula is C10H19NO. The van der Waals surface area contributed by atoms with Crippen LogP contribution < -0.4 is 0 Å². The number of ether oxygens (including phenoxy) is 1. The van der Waals surface area contributed by atoms with Crippen LogP contribution in [0.3, 0.4) is 0 Å². The Morgan fingerprint density at radius 1 is 1.25 bits per heavy atom. The van der Waals surface area contributed by atoms with E-state index in [9.17, 15) is 0 Å². The maximum absolute atomic E-state index is 5.48. The fourth-order valence-corrected chi connectivity index (χ4v) is 2.38. The Kier molecular flexibility index (Phi) is 2.37. The maximum Gasteiger partial charge on any atom is 0.0509 e. The van der Waals surface area contributed by atoms with E-state index in [1.807, 2.05) is 0 Å². The van der Waals surface area contributed by atoms with Crippen LogP contribution in [0, 0.1) is 11.8 Å². The number of rotatable bonds is 1. The highest BCUT2D eigenvalue weighted by Gasteiger charge is 2.35. The smallest absolute Gasteiger partial charge is 0.0509 e. The molecule has 0 aliphatic carbocycles. The number of fused-ring (bicyclic) bond motifs is 1. The Morgan fingerprint density at radius 3 is 2.67 bits per heavy atom. The van der Waals surface area contributed by atoms with E-state index in [4.69, 9.17) is 4.74 Å². The average Bonchev–Trinajstić information content (AvgIpc) is 2.46. The van der Waals surface area contributed by atoms with Crippen molar-refractivity contribution in [2.75, 3.05) is 26.3 Å². The van der Waals surface area contributed by atoms with Gasteiger partial charge in [-0.2, -0.15) is 0 Å². The van der Waals surface area contributed by atoms with E-state index in [1.54, 1.807) is 0 Å². The van der Waals surface area contributed by atoms with Gasteiger partial charge in [0, 0.05) is 25.7 Å². The summed E-state index contributed by atoms with van der Waals surface area (Å²) in [5.74, 6) is 1.77. The third-order valence-electron chi connectivity index (χ3n) is 3.30. The molecule has 0 aromatic heterocycles. The van der Waals surface area contributed by atoms with E-state index in [0.717, 1.165) is 31.1 Å². The quantitative estimate of drug-likeness (QED) is 0.587. The molecule has 2 unspecified atom stereocenters. The highest BCUT2D eigenvalue weighted by molar-refractivity contribution is 4.87. The van der Waals surface area contributed by atoms with Gasteiger partial charge in [-0.1, -0.05) is 0 Å². The standard InChI is InChI=1S/C10H19NO/c1-8(2)11-5-9-3-4-12-7-10(9)6-11/h8-10H,3-7H2,1-2H3. The first-order chi connectivity index (χ1) is 5.77. The molecule has 2 heterocycles. The van der Waals surface area contributed by atoms with Gasteiger partial charge in [-0.05, 0) is 32.1 Å². The summed E-state index contributed by atoms with van der Waals surface area (Å²) in [4.78, 5) is 2.59. The van der Waals surface area contributed by atoms with Crippen molar-refractivity contribution in [2.45, 2.75) is 26.3 Å². The van der Waals surface area contributed by atoms with E-state index in [-0.39, 0.29) is 0 Å². The van der Waals surface area contributed by atoms with Crippen LogP contribution in [-0.2, 0) is 4.74 Å². The summed E-state index contributed by atoms with van der Waals surface area (Å²) in [5.41, 5.74) is 0. The topological polar surface area (TPSA) is 12.5 Å². The molecular weight excluding hydrogens is 150 g/mol. The molecule has 2 atom stereocenters. The number of hydrogen-bond donors (Lipinski definition) is 0. The van der Waals surface area contributed by atoms with Gasteiger partial charge in [0.1, 0.15) is 0 Å². The van der Waals surface area contributed by atoms with Gasteiger partial charge < -0.3 is 9.64 Å². The zero-order valence-electron chi connectivity index (χ0n) is 8.12. The first-order valence-electron chi connectivity index (χ1n) is 5.09. The van der Waals surface area contributed by atoms with E-state index in [1.165, 1.54) is 19.5 Å². The molecule has 2 nitrogen and oxygen atoms in total. The molecule has 2 heteroatoms. The predicted molar refractivity (Wildman–Crippen MR) is 49.1 cm³/mol. The molecule has 0 saturated carbocycles. The summed E-state index contributed by atoms with van der Waals surface area (Å²) in [6, 6.07) is 0.718. The summed E-state index contributed by atoms with van der Waals surface area (Å²) < 4.78 is 5.48. The molecule has 2 saturated heterocycles. The van der Waals surface area contributed by atoms with Gasteiger partial charge in [0.25, 0.3) is 0 Å². The first kappa shape index (κ1) is 8.52. The van der Waals surface area contributed by atoms with Crippen molar-refractivity contribution in [2.24, 2.45) is 11.8 Å². The SMILES string of the molecule is CC(C)N1CC2CCOCC2C1. The van der Waals surface area contributed by atoms with Gasteiger partial charge in [-0.25, -0.2) is 0 Å². The van der Waals surface area contributed by atoms with Gasteiger partial charge in [0.2, 0.25) is 0 Å². The van der Waals surface area contributed by atoms with Crippen LogP contribution in [0.5, 0.6) is 0 Å². The van der Waals surface area contributed by atoms with E-state index >= 15 is 0 Å². The van der Waals surface area contributed by atoms with E-state index < -0.39 is 0 Å². The van der Waals surface area contributed by atoms with Gasteiger partial charge in [0.05, 0.1) is 6.61 Å². The van der Waals surface area contributed by atoms with Gasteiger partial charge in [-0.3, -0.25) is 0 Å². The molecule has 0 N–H and O–H groups in total. The second-order valence-electron chi connectivity index (χ2n) is 4.43. The lowest BCUT2D eigenvalue weighted by Gasteiger charge is -2.23. The Morgan fingerprint density at radius 2 is 2.00 bits per heavy atom. The molecule has 2 rings (SSSR count). The van der Waals surface area contributed by atoms with Crippen LogP contribution >= 0.6 is 0 Å². The third kappa shape index (κ3) is 1.50. The van der Waals surface area contributed by atoms with E-state index in [0.29, 0.717) is 0 Å². The van der Waals surface area contributed by atoms with Gasteiger partial charge in [0.15, 0.2) is 0 Å². The molecule has 0 spiro atoms. The van der Waals surface area contributed by atoms with E-state index in [2.05, 4.69) is 18.7 Å². The molecule has 0 aromatic rings. The number of nitrogens with zero attached hydrogens (tertiary/aromatic N) is 1. The normalized spacial score (nSPS) is 37.2. The minimum Gasteiger partial charge on any atom is -0.381 e. The first-order valence-corrected chi connectivity index (χ1v) is 5.09. The summed E-state index contributed by atoms with van der Waals surface area (Å²) >= 11 is 0. The Labute approximate surface area is 74.9 Å². The third-order valence-corrected chi connectivity index (χ3v) is 3.30. The summed E-state index contributed by atoms with van der Waals surface area (Å²) in [6.07, 6.45) is 1.29. The monoisotopic (exact) mass is 169 g/mol. The van der Waals surface area contributed by atoms with Crippen LogP contribution in [0.4, 0.5) is 0 Å². The predicted octanol–water partition coefficient (Wildman–Crippen LogP) is 1.36. The highest BCUT2D eigenvalue weighted by atomic mass is 16.5. The van der Waals surface area contributed by atoms with Crippen LogP contribution in [-0.4, -0.2) is 37.2 Å². The fraction of sp³-hybridized carbons (Fsp3) is 1.00. The average molecular weight is 169 g/mol. The van der Waals surface area contributed by atoms with Crippen molar-refractivity contribution in [1.82, 2.24) is 4.90 Å². The molecule has 0 bridgehead atoms. The van der Waals surface area contributed by atoms with Crippen molar-refractivity contribution in [3.8, 4) is 0 Å². The summed E-state index contributed by atoms with van der Waals surface area (Å²) in [7, 11) is 0. The molecule has 0 aromatic carbocycles. The van der Waals surface area contributed by atoms with Gasteiger partial charge >= 0.3 is 0 Å². The molecule has 70 valence electrons.